The van der Waals surface area contributed by atoms with E-state index in [0.29, 0.717) is 6.42 Å². The maximum atomic E-state index is 13.1. The summed E-state index contributed by atoms with van der Waals surface area (Å²) < 4.78 is 17.9. The van der Waals surface area contributed by atoms with Gasteiger partial charge in [-0.25, -0.2) is 4.39 Å². The van der Waals surface area contributed by atoms with Crippen LogP contribution < -0.4 is 4.74 Å². The van der Waals surface area contributed by atoms with Gasteiger partial charge in [0.15, 0.2) is 11.6 Å². The fraction of sp³-hybridized carbons (Fsp3) is 0.333. The van der Waals surface area contributed by atoms with E-state index in [9.17, 15) is 4.39 Å². The third-order valence-electron chi connectivity index (χ3n) is 1.68. The zero-order valence-corrected chi connectivity index (χ0v) is 7.94. The molecule has 4 heteroatoms. The van der Waals surface area contributed by atoms with Crippen LogP contribution in [0, 0.1) is 5.82 Å². The van der Waals surface area contributed by atoms with Gasteiger partial charge in [-0.05, 0) is 24.1 Å². The van der Waals surface area contributed by atoms with Gasteiger partial charge in [-0.2, -0.15) is 0 Å². The smallest absolute Gasteiger partial charge is 0.183 e. The van der Waals surface area contributed by atoms with Crippen LogP contribution in [-0.4, -0.2) is 18.8 Å². The molecular formula is C9H10ClFO2. The van der Waals surface area contributed by atoms with Crippen LogP contribution in [-0.2, 0) is 6.42 Å². The number of aliphatic hydroxyl groups is 1. The van der Waals surface area contributed by atoms with Gasteiger partial charge in [0.05, 0.1) is 12.1 Å². The molecular weight excluding hydrogens is 195 g/mol. The van der Waals surface area contributed by atoms with Crippen molar-refractivity contribution >= 4 is 11.6 Å². The molecule has 0 heterocycles. The predicted octanol–water partition coefficient (Wildman–Crippen LogP) is 2.02. The van der Waals surface area contributed by atoms with Crippen molar-refractivity contribution in [2.45, 2.75) is 6.42 Å². The number of hydrogen-bond donors (Lipinski definition) is 1. The highest BCUT2D eigenvalue weighted by atomic mass is 35.5. The number of hydrogen-bond acceptors (Lipinski definition) is 2. The lowest BCUT2D eigenvalue weighted by Crippen LogP contribution is -1.95. The van der Waals surface area contributed by atoms with Crippen LogP contribution in [0.25, 0.3) is 0 Å². The van der Waals surface area contributed by atoms with Gasteiger partial charge >= 0.3 is 0 Å². The Morgan fingerprint density at radius 3 is 2.77 bits per heavy atom. The summed E-state index contributed by atoms with van der Waals surface area (Å²) in [5, 5.41) is 8.68. The fourth-order valence-electron chi connectivity index (χ4n) is 1.04. The highest BCUT2D eigenvalue weighted by molar-refractivity contribution is 6.30. The first-order valence-corrected chi connectivity index (χ1v) is 4.19. The van der Waals surface area contributed by atoms with E-state index in [0.717, 1.165) is 5.56 Å². The molecule has 2 nitrogen and oxygen atoms in total. The Balaban J connectivity index is 3.06. The molecule has 0 bridgehead atoms. The van der Waals surface area contributed by atoms with Gasteiger partial charge in [-0.3, -0.25) is 0 Å². The van der Waals surface area contributed by atoms with E-state index in [1.807, 2.05) is 0 Å². The Bertz CT molecular complexity index is 302. The van der Waals surface area contributed by atoms with Gasteiger partial charge in [0.1, 0.15) is 0 Å². The maximum absolute atomic E-state index is 13.1. The number of rotatable bonds is 3. The average molecular weight is 205 g/mol. The summed E-state index contributed by atoms with van der Waals surface area (Å²) in [6, 6.07) is 3.01. The SMILES string of the molecule is COc1cc(CCO)cc(Cl)c1F. The number of methoxy groups -OCH3 is 1. The highest BCUT2D eigenvalue weighted by Gasteiger charge is 2.08. The minimum atomic E-state index is -0.564. The fourth-order valence-corrected chi connectivity index (χ4v) is 1.27. The second-order valence-corrected chi connectivity index (χ2v) is 2.97. The molecule has 0 unspecified atom stereocenters. The van der Waals surface area contributed by atoms with Crippen LogP contribution in [0.4, 0.5) is 4.39 Å². The number of halogens is 2. The molecule has 0 aliphatic rings. The standard InChI is InChI=1S/C9H10ClFO2/c1-13-8-5-6(2-3-12)4-7(10)9(8)11/h4-5,12H,2-3H2,1H3. The molecule has 1 aromatic carbocycles. The van der Waals surface area contributed by atoms with E-state index in [4.69, 9.17) is 21.4 Å². The first-order chi connectivity index (χ1) is 6.19. The minimum Gasteiger partial charge on any atom is -0.494 e. The van der Waals surface area contributed by atoms with Gasteiger partial charge in [0.25, 0.3) is 0 Å². The molecule has 0 saturated heterocycles. The van der Waals surface area contributed by atoms with Gasteiger partial charge in [-0.15, -0.1) is 0 Å². The zero-order valence-electron chi connectivity index (χ0n) is 7.18. The summed E-state index contributed by atoms with van der Waals surface area (Å²) >= 11 is 5.60. The summed E-state index contributed by atoms with van der Waals surface area (Å²) in [6.07, 6.45) is 0.441. The lowest BCUT2D eigenvalue weighted by Gasteiger charge is -2.06. The average Bonchev–Trinajstić information content (AvgIpc) is 2.11. The van der Waals surface area contributed by atoms with Crippen LogP contribution in [0.5, 0.6) is 5.75 Å². The van der Waals surface area contributed by atoms with Crippen LogP contribution in [0.15, 0.2) is 12.1 Å². The largest absolute Gasteiger partial charge is 0.494 e. The summed E-state index contributed by atoms with van der Waals surface area (Å²) in [6.45, 7) is 0.00507. The topological polar surface area (TPSA) is 29.5 Å². The Hall–Kier alpha value is -0.800. The van der Waals surface area contributed by atoms with E-state index in [1.165, 1.54) is 19.2 Å². The third kappa shape index (κ3) is 2.32. The summed E-state index contributed by atoms with van der Waals surface area (Å²) in [7, 11) is 1.37. The molecule has 0 saturated carbocycles. The lowest BCUT2D eigenvalue weighted by atomic mass is 10.1. The van der Waals surface area contributed by atoms with Crippen molar-refractivity contribution in [3.05, 3.63) is 28.5 Å². The van der Waals surface area contributed by atoms with Crippen LogP contribution in [0.2, 0.25) is 5.02 Å². The second kappa shape index (κ2) is 4.44. The van der Waals surface area contributed by atoms with E-state index in [-0.39, 0.29) is 17.4 Å². The van der Waals surface area contributed by atoms with Gasteiger partial charge in [0, 0.05) is 6.61 Å². The van der Waals surface area contributed by atoms with Crippen molar-refractivity contribution in [2.24, 2.45) is 0 Å². The van der Waals surface area contributed by atoms with Gasteiger partial charge < -0.3 is 9.84 Å². The lowest BCUT2D eigenvalue weighted by molar-refractivity contribution is 0.299. The van der Waals surface area contributed by atoms with Crippen molar-refractivity contribution in [1.29, 1.82) is 0 Å². The molecule has 0 aliphatic heterocycles. The monoisotopic (exact) mass is 204 g/mol. The maximum Gasteiger partial charge on any atom is 0.183 e. The Labute approximate surface area is 80.9 Å². The molecule has 0 aromatic heterocycles. The first kappa shape index (κ1) is 10.3. The first-order valence-electron chi connectivity index (χ1n) is 3.81. The van der Waals surface area contributed by atoms with Crippen molar-refractivity contribution < 1.29 is 14.2 Å². The summed E-state index contributed by atoms with van der Waals surface area (Å²) in [5.74, 6) is -0.457. The number of ether oxygens (including phenoxy) is 1. The molecule has 1 aromatic rings. The molecule has 0 radical (unpaired) electrons. The van der Waals surface area contributed by atoms with Crippen LogP contribution in [0.3, 0.4) is 0 Å². The molecule has 72 valence electrons. The molecule has 0 spiro atoms. The van der Waals surface area contributed by atoms with Gasteiger partial charge in [-0.1, -0.05) is 11.6 Å². The molecule has 13 heavy (non-hydrogen) atoms. The van der Waals surface area contributed by atoms with Crippen molar-refractivity contribution in [2.75, 3.05) is 13.7 Å². The Morgan fingerprint density at radius 2 is 2.23 bits per heavy atom. The van der Waals surface area contributed by atoms with Crippen molar-refractivity contribution in [1.82, 2.24) is 0 Å². The van der Waals surface area contributed by atoms with Gasteiger partial charge in [0.2, 0.25) is 0 Å². The van der Waals surface area contributed by atoms with E-state index < -0.39 is 5.82 Å². The molecule has 0 amide bonds. The van der Waals surface area contributed by atoms with E-state index in [1.54, 1.807) is 0 Å². The molecule has 1 rings (SSSR count). The quantitative estimate of drug-likeness (QED) is 0.817. The zero-order chi connectivity index (χ0) is 9.84. The molecule has 1 N–H and O–H groups in total. The van der Waals surface area contributed by atoms with Crippen LogP contribution >= 0.6 is 11.6 Å². The highest BCUT2D eigenvalue weighted by Crippen LogP contribution is 2.26. The number of aliphatic hydroxyl groups excluding tert-OH is 1. The summed E-state index contributed by atoms with van der Waals surface area (Å²) in [5.41, 5.74) is 0.755. The Morgan fingerprint density at radius 1 is 1.54 bits per heavy atom. The van der Waals surface area contributed by atoms with E-state index >= 15 is 0 Å². The summed E-state index contributed by atoms with van der Waals surface area (Å²) in [4.78, 5) is 0. The Kier molecular flexibility index (Phi) is 3.51. The third-order valence-corrected chi connectivity index (χ3v) is 1.95. The predicted molar refractivity (Wildman–Crippen MR) is 48.8 cm³/mol. The number of benzene rings is 1. The molecule has 0 fully saturated rings. The molecule has 0 atom stereocenters. The second-order valence-electron chi connectivity index (χ2n) is 2.57. The van der Waals surface area contributed by atoms with E-state index in [2.05, 4.69) is 0 Å². The normalized spacial score (nSPS) is 10.2. The van der Waals surface area contributed by atoms with Crippen LogP contribution in [0.1, 0.15) is 5.56 Å². The minimum absolute atomic E-state index is 0.00507. The van der Waals surface area contributed by atoms with Crippen molar-refractivity contribution in [3.8, 4) is 5.75 Å². The van der Waals surface area contributed by atoms with Crippen molar-refractivity contribution in [3.63, 3.8) is 0 Å². The molecule has 0 aliphatic carbocycles.